The van der Waals surface area contributed by atoms with E-state index < -0.39 is 0 Å². The zero-order valence-corrected chi connectivity index (χ0v) is 7.03. The van der Waals surface area contributed by atoms with E-state index in [4.69, 9.17) is 5.73 Å². The second-order valence-electron chi connectivity index (χ2n) is 3.39. The average Bonchev–Trinajstić information content (AvgIpc) is 2.67. The van der Waals surface area contributed by atoms with Crippen LogP contribution in [0.2, 0.25) is 0 Å². The Morgan fingerprint density at radius 1 is 1.46 bits per heavy atom. The molecule has 1 saturated heterocycles. The van der Waals surface area contributed by atoms with Crippen LogP contribution in [0.15, 0.2) is 24.0 Å². The zero-order valence-electron chi connectivity index (χ0n) is 7.03. The van der Waals surface area contributed by atoms with Crippen LogP contribution in [-0.2, 0) is 11.3 Å². The van der Waals surface area contributed by atoms with Crippen molar-refractivity contribution < 1.29 is 4.79 Å². The highest BCUT2D eigenvalue weighted by Gasteiger charge is 2.36. The molecule has 0 unspecified atom stereocenters. The number of carbonyl (C=O) groups is 1. The van der Waals surface area contributed by atoms with Crippen LogP contribution >= 0.6 is 0 Å². The second-order valence-corrected chi connectivity index (χ2v) is 3.39. The van der Waals surface area contributed by atoms with E-state index in [1.165, 1.54) is 0 Å². The van der Waals surface area contributed by atoms with Crippen molar-refractivity contribution in [2.24, 2.45) is 5.73 Å². The Kier molecular flexibility index (Phi) is 1.02. The number of aromatic nitrogens is 1. The van der Waals surface area contributed by atoms with Gasteiger partial charge in [-0.15, -0.1) is 0 Å². The topological polar surface area (TPSA) is 51.0 Å². The Labute approximate surface area is 75.2 Å². The summed E-state index contributed by atoms with van der Waals surface area (Å²) in [5, 5.41) is 0. The molecule has 0 radical (unpaired) electrons. The van der Waals surface area contributed by atoms with Gasteiger partial charge in [-0.2, -0.15) is 0 Å². The van der Waals surface area contributed by atoms with E-state index in [1.54, 1.807) is 0 Å². The Balaban J connectivity index is 2.23. The molecule has 13 heavy (non-hydrogen) atoms. The van der Waals surface area contributed by atoms with Crippen molar-refractivity contribution in [3.8, 4) is 0 Å². The van der Waals surface area contributed by atoms with Gasteiger partial charge in [0.2, 0.25) is 0 Å². The molecular weight excluding hydrogens is 166 g/mol. The normalized spacial score (nSPS) is 18.3. The minimum Gasteiger partial charge on any atom is -0.364 e. The number of hydrogen-bond donors (Lipinski definition) is 1. The molecule has 2 aliphatic heterocycles. The molecule has 0 atom stereocenters. The average molecular weight is 175 g/mol. The molecule has 1 aromatic heterocycles. The second kappa shape index (κ2) is 1.96. The van der Waals surface area contributed by atoms with Gasteiger partial charge in [0.1, 0.15) is 5.70 Å². The third kappa shape index (κ3) is 0.771. The number of amides is 1. The summed E-state index contributed by atoms with van der Waals surface area (Å²) in [7, 11) is 0. The maximum atomic E-state index is 11.2. The number of nitrogens with zero attached hydrogens (tertiary/aromatic N) is 2. The van der Waals surface area contributed by atoms with Crippen LogP contribution in [0.25, 0.3) is 5.70 Å². The van der Waals surface area contributed by atoms with E-state index in [0.29, 0.717) is 5.70 Å². The Bertz CT molecular complexity index is 430. The minimum atomic E-state index is -0.338. The summed E-state index contributed by atoms with van der Waals surface area (Å²) in [6, 6.07) is 3.95. The minimum absolute atomic E-state index is 0.338. The van der Waals surface area contributed by atoms with Crippen molar-refractivity contribution in [2.45, 2.75) is 6.54 Å². The van der Waals surface area contributed by atoms with Crippen molar-refractivity contribution in [1.29, 1.82) is 0 Å². The molecule has 1 aromatic rings. The Morgan fingerprint density at radius 3 is 3.08 bits per heavy atom. The third-order valence-electron chi connectivity index (χ3n) is 2.55. The van der Waals surface area contributed by atoms with E-state index in [-0.39, 0.29) is 5.91 Å². The van der Waals surface area contributed by atoms with Gasteiger partial charge in [0.05, 0.1) is 18.8 Å². The first-order valence-electron chi connectivity index (χ1n) is 4.22. The van der Waals surface area contributed by atoms with Crippen LogP contribution in [0.5, 0.6) is 0 Å². The fourth-order valence-electron chi connectivity index (χ4n) is 1.88. The van der Waals surface area contributed by atoms with Crippen molar-refractivity contribution in [2.75, 3.05) is 6.54 Å². The zero-order chi connectivity index (χ0) is 9.00. The monoisotopic (exact) mass is 175 g/mol. The summed E-state index contributed by atoms with van der Waals surface area (Å²) in [5.74, 6) is -0.338. The van der Waals surface area contributed by atoms with Crippen LogP contribution < -0.4 is 5.73 Å². The maximum Gasteiger partial charge on any atom is 0.267 e. The lowest BCUT2D eigenvalue weighted by Gasteiger charge is -2.15. The Hall–Kier alpha value is -1.71. The van der Waals surface area contributed by atoms with Crippen LogP contribution in [-0.4, -0.2) is 21.9 Å². The number of carbonyl (C=O) groups excluding carboxylic acids is 1. The predicted molar refractivity (Wildman–Crippen MR) is 47.3 cm³/mol. The van der Waals surface area contributed by atoms with E-state index in [0.717, 1.165) is 24.5 Å². The van der Waals surface area contributed by atoms with E-state index >= 15 is 0 Å². The number of nitrogens with two attached hydrogens (primary N) is 1. The van der Waals surface area contributed by atoms with Gasteiger partial charge in [-0.05, 0) is 12.1 Å². The molecule has 2 aliphatic rings. The molecule has 66 valence electrons. The standard InChI is InChI=1S/C9H9N3O/c10-9(13)8-7-5-11(7)4-6-2-1-3-12(6)8/h1-3H,4-5H2,(H2,10,13). The largest absolute Gasteiger partial charge is 0.364 e. The molecule has 3 heterocycles. The van der Waals surface area contributed by atoms with E-state index in [1.807, 2.05) is 22.9 Å². The lowest BCUT2D eigenvalue weighted by molar-refractivity contribution is -0.113. The third-order valence-corrected chi connectivity index (χ3v) is 2.55. The predicted octanol–water partition coefficient (Wildman–Crippen LogP) is -0.0288. The van der Waals surface area contributed by atoms with Crippen LogP contribution in [0, 0.1) is 0 Å². The molecule has 1 amide bonds. The maximum absolute atomic E-state index is 11.2. The summed E-state index contributed by atoms with van der Waals surface area (Å²) in [4.78, 5) is 13.3. The SMILES string of the molecule is NC(=O)C1=C2CN2Cc2cccn21. The summed E-state index contributed by atoms with van der Waals surface area (Å²) in [6.07, 6.45) is 1.89. The first kappa shape index (κ1) is 6.77. The van der Waals surface area contributed by atoms with Gasteiger partial charge in [-0.1, -0.05) is 0 Å². The molecule has 0 aromatic carbocycles. The molecule has 2 N–H and O–H groups in total. The molecule has 0 spiro atoms. The van der Waals surface area contributed by atoms with Gasteiger partial charge in [0.25, 0.3) is 5.91 Å². The van der Waals surface area contributed by atoms with Gasteiger partial charge in [-0.25, -0.2) is 0 Å². The van der Waals surface area contributed by atoms with E-state index in [9.17, 15) is 4.79 Å². The van der Waals surface area contributed by atoms with Crippen molar-refractivity contribution >= 4 is 11.6 Å². The fraction of sp³-hybridized carbons (Fsp3) is 0.222. The summed E-state index contributed by atoms with van der Waals surface area (Å²) < 4.78 is 1.89. The Morgan fingerprint density at radius 2 is 2.31 bits per heavy atom. The molecule has 3 rings (SSSR count). The lowest BCUT2D eigenvalue weighted by Crippen LogP contribution is -2.22. The van der Waals surface area contributed by atoms with Gasteiger partial charge >= 0.3 is 0 Å². The van der Waals surface area contributed by atoms with Gasteiger partial charge in [0, 0.05) is 11.9 Å². The highest BCUT2D eigenvalue weighted by atomic mass is 16.1. The molecule has 0 saturated carbocycles. The summed E-state index contributed by atoms with van der Waals surface area (Å²) >= 11 is 0. The quantitative estimate of drug-likeness (QED) is 0.609. The highest BCUT2D eigenvalue weighted by molar-refractivity contribution is 6.14. The molecule has 0 bridgehead atoms. The number of rotatable bonds is 1. The number of hydrogen-bond acceptors (Lipinski definition) is 2. The summed E-state index contributed by atoms with van der Waals surface area (Å²) in [5.41, 5.74) is 8.17. The summed E-state index contributed by atoms with van der Waals surface area (Å²) in [6.45, 7) is 1.79. The molecule has 0 aliphatic carbocycles. The van der Waals surface area contributed by atoms with Crippen molar-refractivity contribution in [3.63, 3.8) is 0 Å². The van der Waals surface area contributed by atoms with Crippen LogP contribution in [0.4, 0.5) is 0 Å². The number of fused-ring (bicyclic) bond motifs is 2. The van der Waals surface area contributed by atoms with Crippen molar-refractivity contribution in [1.82, 2.24) is 9.47 Å². The van der Waals surface area contributed by atoms with Gasteiger partial charge in [0.15, 0.2) is 0 Å². The molecular formula is C9H9N3O. The molecule has 1 fully saturated rings. The first-order chi connectivity index (χ1) is 6.27. The smallest absolute Gasteiger partial charge is 0.267 e. The van der Waals surface area contributed by atoms with E-state index in [2.05, 4.69) is 4.90 Å². The fourth-order valence-corrected chi connectivity index (χ4v) is 1.88. The van der Waals surface area contributed by atoms with Gasteiger partial charge in [-0.3, -0.25) is 4.79 Å². The molecule has 4 heteroatoms. The number of primary amides is 1. The van der Waals surface area contributed by atoms with Crippen LogP contribution in [0.3, 0.4) is 0 Å². The van der Waals surface area contributed by atoms with Crippen LogP contribution in [0.1, 0.15) is 5.69 Å². The van der Waals surface area contributed by atoms with Gasteiger partial charge < -0.3 is 15.2 Å². The van der Waals surface area contributed by atoms with Crippen molar-refractivity contribution in [3.05, 3.63) is 29.7 Å². The first-order valence-corrected chi connectivity index (χ1v) is 4.22. The lowest BCUT2D eigenvalue weighted by atomic mass is 10.3. The highest BCUT2D eigenvalue weighted by Crippen LogP contribution is 2.35. The molecule has 4 nitrogen and oxygen atoms in total.